The Morgan fingerprint density at radius 2 is 1.50 bits per heavy atom. The van der Waals surface area contributed by atoms with Gasteiger partial charge in [-0.15, -0.1) is 23.2 Å². The average Bonchev–Trinajstić information content (AvgIpc) is 3.55. The van der Waals surface area contributed by atoms with Crippen molar-refractivity contribution in [1.29, 1.82) is 0 Å². The summed E-state index contributed by atoms with van der Waals surface area (Å²) in [6.45, 7) is 3.70. The molecule has 2 N–H and O–H groups in total. The molecule has 0 radical (unpaired) electrons. The van der Waals surface area contributed by atoms with E-state index in [0.29, 0.717) is 66.8 Å². The largest absolute Gasteiger partial charge is 0.484 e. The number of quaternary nitrogens is 1. The van der Waals surface area contributed by atoms with E-state index in [-0.39, 0.29) is 18.4 Å². The van der Waals surface area contributed by atoms with Crippen LogP contribution in [0.25, 0.3) is 22.6 Å². The van der Waals surface area contributed by atoms with Gasteiger partial charge in [0.2, 0.25) is 5.52 Å². The van der Waals surface area contributed by atoms with Crippen molar-refractivity contribution in [3.63, 3.8) is 0 Å². The molecule has 0 aliphatic carbocycles. The van der Waals surface area contributed by atoms with E-state index in [4.69, 9.17) is 27.9 Å². The van der Waals surface area contributed by atoms with Crippen LogP contribution in [0.2, 0.25) is 0 Å². The molecule has 1 aromatic heterocycles. The number of aryl methyl sites for hydroxylation is 1. The monoisotopic (exact) mass is 838 g/mol. The molecule has 1 aliphatic rings. The van der Waals surface area contributed by atoms with Gasteiger partial charge in [-0.25, -0.2) is 4.57 Å². The molecule has 58 heavy (non-hydrogen) atoms. The number of amides is 2. The topological polar surface area (TPSA) is 77.8 Å². The molecule has 0 bridgehead atoms. The number of hydrogen-bond donors (Lipinski definition) is 2. The molecule has 0 saturated heterocycles. The third kappa shape index (κ3) is 11.1. The summed E-state index contributed by atoms with van der Waals surface area (Å²) in [4.78, 5) is 31.4. The van der Waals surface area contributed by atoms with Gasteiger partial charge in [-0.05, 0) is 83.4 Å². The lowest BCUT2D eigenvalue weighted by Gasteiger charge is -2.30. The minimum absolute atomic E-state index is 0.0737. The summed E-state index contributed by atoms with van der Waals surface area (Å²) in [6.07, 6.45) is 6.56. The number of fused-ring (bicyclic) bond motifs is 2. The summed E-state index contributed by atoms with van der Waals surface area (Å²) in [7, 11) is 8.33. The molecular formula is C46H52Cl2N6O3S+2. The summed E-state index contributed by atoms with van der Waals surface area (Å²) in [5, 5.41) is 8.33. The Bertz CT molecular complexity index is 2260. The van der Waals surface area contributed by atoms with E-state index in [1.807, 2.05) is 48.5 Å². The lowest BCUT2D eigenvalue weighted by Crippen LogP contribution is -2.49. The van der Waals surface area contributed by atoms with Crippen molar-refractivity contribution in [2.45, 2.75) is 4.90 Å². The summed E-state index contributed by atoms with van der Waals surface area (Å²) in [5.74, 6) is 1.32. The van der Waals surface area contributed by atoms with Crippen molar-refractivity contribution in [3.05, 3.63) is 137 Å². The normalized spacial score (nSPS) is 13.4. The molecule has 1 aliphatic heterocycles. The van der Waals surface area contributed by atoms with Gasteiger partial charge < -0.3 is 29.7 Å². The molecule has 0 saturated carbocycles. The SMILES string of the molecule is CN1/C(=C/C(=C/c2cc[n+](C)c3ccccc23)c2ccc(C(=O)NCC[N+](C)(C)CCNC(=O)COc3ccc(N(CCCl)CCCl)cc3)cc2)Sc2ccccc21. The van der Waals surface area contributed by atoms with E-state index < -0.39 is 0 Å². The summed E-state index contributed by atoms with van der Waals surface area (Å²) in [6, 6.07) is 34.4. The lowest BCUT2D eigenvalue weighted by molar-refractivity contribution is -0.887. The number of alkyl halides is 2. The van der Waals surface area contributed by atoms with E-state index >= 15 is 0 Å². The molecule has 6 rings (SSSR count). The second-order valence-electron chi connectivity index (χ2n) is 14.8. The van der Waals surface area contributed by atoms with E-state index in [9.17, 15) is 9.59 Å². The summed E-state index contributed by atoms with van der Waals surface area (Å²) < 4.78 is 8.46. The van der Waals surface area contributed by atoms with E-state index in [1.54, 1.807) is 11.8 Å². The number of anilines is 2. The van der Waals surface area contributed by atoms with Gasteiger partial charge in [0.1, 0.15) is 12.8 Å². The number of benzene rings is 4. The van der Waals surface area contributed by atoms with Crippen LogP contribution < -0.4 is 29.7 Å². The Hall–Kier alpha value is -5.00. The van der Waals surface area contributed by atoms with Crippen LogP contribution in [-0.2, 0) is 11.8 Å². The van der Waals surface area contributed by atoms with Crippen molar-refractivity contribution in [2.24, 2.45) is 7.05 Å². The van der Waals surface area contributed by atoms with Crippen LogP contribution in [0.1, 0.15) is 21.5 Å². The molecule has 302 valence electrons. The first-order chi connectivity index (χ1) is 28.0. The zero-order valence-electron chi connectivity index (χ0n) is 33.6. The fourth-order valence-corrected chi connectivity index (χ4v) is 8.30. The number of allylic oxidation sites excluding steroid dienone is 2. The fraction of sp³-hybridized carbons (Fsp3) is 0.283. The number of pyridine rings is 1. The quantitative estimate of drug-likeness (QED) is 0.0539. The van der Waals surface area contributed by atoms with Gasteiger partial charge in [0, 0.05) is 60.2 Å². The highest BCUT2D eigenvalue weighted by Crippen LogP contribution is 2.45. The molecular weight excluding hydrogens is 788 g/mol. The molecule has 4 aromatic carbocycles. The number of thioether (sulfide) groups is 1. The van der Waals surface area contributed by atoms with Gasteiger partial charge in [-0.1, -0.05) is 48.2 Å². The molecule has 2 amide bonds. The lowest BCUT2D eigenvalue weighted by atomic mass is 9.99. The Morgan fingerprint density at radius 3 is 2.21 bits per heavy atom. The second kappa shape index (κ2) is 20.1. The van der Waals surface area contributed by atoms with Crippen LogP contribution in [0, 0.1) is 0 Å². The second-order valence-corrected chi connectivity index (χ2v) is 16.6. The van der Waals surface area contributed by atoms with Crippen LogP contribution in [0.3, 0.4) is 0 Å². The van der Waals surface area contributed by atoms with Crippen molar-refractivity contribution < 1.29 is 23.4 Å². The first kappa shape index (κ1) is 42.6. The van der Waals surface area contributed by atoms with Gasteiger partial charge >= 0.3 is 0 Å². The molecule has 0 fully saturated rings. The predicted molar refractivity (Wildman–Crippen MR) is 241 cm³/mol. The van der Waals surface area contributed by atoms with Gasteiger partial charge in [-0.3, -0.25) is 9.59 Å². The standard InChI is InChI=1S/C46H50Cl2N6O3S/c1-51-26-21-36(40-9-5-6-10-41(40)51)31-37(32-45-52(2)42-11-7-8-12-43(42)58-45)34-13-15-35(16-14-34)46(56)50-25-30-54(3,4)29-24-49-44(55)33-57-39-19-17-38(18-20-39)53(27-22-47)28-23-48/h5-21,26,31-32H,22-25,27-30,33H2,1-4H3/p+2. The minimum atomic E-state index is -0.189. The number of para-hydroxylation sites is 2. The maximum Gasteiger partial charge on any atom is 0.258 e. The van der Waals surface area contributed by atoms with Crippen molar-refractivity contribution in [3.8, 4) is 5.75 Å². The molecule has 0 spiro atoms. The number of halogens is 2. The highest BCUT2D eigenvalue weighted by Gasteiger charge is 2.22. The maximum absolute atomic E-state index is 13.3. The van der Waals surface area contributed by atoms with E-state index in [0.717, 1.165) is 32.9 Å². The highest BCUT2D eigenvalue weighted by atomic mass is 35.5. The van der Waals surface area contributed by atoms with E-state index in [2.05, 4.69) is 126 Å². The smallest absolute Gasteiger partial charge is 0.258 e. The highest BCUT2D eigenvalue weighted by molar-refractivity contribution is 8.03. The van der Waals surface area contributed by atoms with Crippen molar-refractivity contribution in [1.82, 2.24) is 10.6 Å². The van der Waals surface area contributed by atoms with Crippen molar-refractivity contribution >= 4 is 80.7 Å². The van der Waals surface area contributed by atoms with Crippen LogP contribution in [0.5, 0.6) is 5.75 Å². The zero-order chi connectivity index (χ0) is 41.1. The Labute approximate surface area is 356 Å². The van der Waals surface area contributed by atoms with E-state index in [1.165, 1.54) is 16.0 Å². The maximum atomic E-state index is 13.3. The number of ether oxygens (including phenoxy) is 1. The fourth-order valence-electron chi connectivity index (χ4n) is 6.79. The summed E-state index contributed by atoms with van der Waals surface area (Å²) >= 11 is 13.6. The Kier molecular flexibility index (Phi) is 14.8. The third-order valence-corrected chi connectivity index (χ3v) is 11.7. The summed E-state index contributed by atoms with van der Waals surface area (Å²) in [5.41, 5.74) is 7.13. The van der Waals surface area contributed by atoms with Crippen LogP contribution in [-0.4, -0.2) is 95.1 Å². The van der Waals surface area contributed by atoms with Crippen LogP contribution in [0.4, 0.5) is 11.4 Å². The molecule has 2 heterocycles. The molecule has 0 unspecified atom stereocenters. The predicted octanol–water partition coefficient (Wildman–Crippen LogP) is 7.57. The number of carbonyl (C=O) groups excluding carboxylic acids is 2. The average molecular weight is 840 g/mol. The number of hydrogen-bond acceptors (Lipinski definition) is 6. The van der Waals surface area contributed by atoms with Gasteiger partial charge in [0.25, 0.3) is 11.8 Å². The van der Waals surface area contributed by atoms with Gasteiger partial charge in [0.15, 0.2) is 12.8 Å². The van der Waals surface area contributed by atoms with Crippen LogP contribution >= 0.6 is 35.0 Å². The molecule has 5 aromatic rings. The number of nitrogens with zero attached hydrogens (tertiary/aromatic N) is 4. The zero-order valence-corrected chi connectivity index (χ0v) is 35.9. The molecule has 0 atom stereocenters. The van der Waals surface area contributed by atoms with Gasteiger partial charge in [-0.2, -0.15) is 0 Å². The number of carbonyl (C=O) groups is 2. The number of nitrogens with one attached hydrogen (secondary N) is 2. The number of likely N-dealkylation sites (N-methyl/N-ethyl adjacent to an activating group) is 1. The molecule has 12 heteroatoms. The Morgan fingerprint density at radius 1 is 0.845 bits per heavy atom. The first-order valence-corrected chi connectivity index (χ1v) is 21.3. The molecule has 9 nitrogen and oxygen atoms in total. The number of aromatic nitrogens is 1. The Balaban J connectivity index is 1.02. The first-order valence-electron chi connectivity index (χ1n) is 19.4. The van der Waals surface area contributed by atoms with Crippen LogP contribution in [0.15, 0.2) is 125 Å². The van der Waals surface area contributed by atoms with Gasteiger partial charge in [0.05, 0.1) is 56.4 Å². The minimum Gasteiger partial charge on any atom is -0.484 e. The number of rotatable bonds is 18. The third-order valence-electron chi connectivity index (χ3n) is 10.2. The van der Waals surface area contributed by atoms with Crippen molar-refractivity contribution in [2.75, 3.05) is 88.6 Å².